The highest BCUT2D eigenvalue weighted by Gasteiger charge is 2.05. The highest BCUT2D eigenvalue weighted by Crippen LogP contribution is 2.09. The fourth-order valence-corrected chi connectivity index (χ4v) is 1.78. The van der Waals surface area contributed by atoms with E-state index in [4.69, 9.17) is 9.84 Å². The fourth-order valence-electron chi connectivity index (χ4n) is 1.78. The highest BCUT2D eigenvalue weighted by molar-refractivity contribution is 5.70. The predicted molar refractivity (Wildman–Crippen MR) is 70.6 cm³/mol. The number of unbranched alkanes of at least 4 members (excludes halogenated alkanes) is 1. The lowest BCUT2D eigenvalue weighted by molar-refractivity contribution is -0.136. The Balaban J connectivity index is 2.34. The number of carboxylic acid groups (broad SMARTS) is 1. The normalized spacial score (nSPS) is 10.5. The van der Waals surface area contributed by atoms with E-state index in [0.717, 1.165) is 43.7 Å². The van der Waals surface area contributed by atoms with Gasteiger partial charge in [0.05, 0.1) is 6.42 Å². The number of aliphatic carboxylic acids is 1. The number of carbonyl (C=O) groups is 1. The van der Waals surface area contributed by atoms with Gasteiger partial charge in [-0.1, -0.05) is 24.3 Å². The third kappa shape index (κ3) is 5.80. The van der Waals surface area contributed by atoms with E-state index >= 15 is 0 Å². The highest BCUT2D eigenvalue weighted by atomic mass is 16.5. The topological polar surface area (TPSA) is 58.6 Å². The van der Waals surface area contributed by atoms with Crippen LogP contribution in [0.2, 0.25) is 0 Å². The molecule has 0 heterocycles. The Hall–Kier alpha value is -1.39. The maximum atomic E-state index is 10.7. The second kappa shape index (κ2) is 8.66. The summed E-state index contributed by atoms with van der Waals surface area (Å²) in [4.78, 5) is 10.7. The van der Waals surface area contributed by atoms with Crippen LogP contribution >= 0.6 is 0 Å². The summed E-state index contributed by atoms with van der Waals surface area (Å²) in [7, 11) is 1.70. The first-order chi connectivity index (χ1) is 8.74. The lowest BCUT2D eigenvalue weighted by atomic mass is 10.0. The van der Waals surface area contributed by atoms with Crippen LogP contribution in [0.5, 0.6) is 0 Å². The Labute approximate surface area is 108 Å². The largest absolute Gasteiger partial charge is 0.481 e. The molecule has 0 saturated heterocycles. The van der Waals surface area contributed by atoms with E-state index in [2.05, 4.69) is 5.32 Å². The Morgan fingerprint density at radius 2 is 2.00 bits per heavy atom. The Bertz CT molecular complexity index is 366. The van der Waals surface area contributed by atoms with Crippen molar-refractivity contribution in [2.45, 2.75) is 25.8 Å². The number of hydrogen-bond acceptors (Lipinski definition) is 3. The molecule has 1 aromatic carbocycles. The van der Waals surface area contributed by atoms with Crippen LogP contribution in [0.15, 0.2) is 24.3 Å². The maximum Gasteiger partial charge on any atom is 0.307 e. The number of benzene rings is 1. The molecule has 100 valence electrons. The summed E-state index contributed by atoms with van der Waals surface area (Å²) in [5.41, 5.74) is 1.95. The third-order valence-corrected chi connectivity index (χ3v) is 2.73. The lowest BCUT2D eigenvalue weighted by Crippen LogP contribution is -2.17. The lowest BCUT2D eigenvalue weighted by Gasteiger charge is -2.09. The van der Waals surface area contributed by atoms with E-state index < -0.39 is 5.97 Å². The van der Waals surface area contributed by atoms with Crippen molar-refractivity contribution in [2.75, 3.05) is 20.3 Å². The van der Waals surface area contributed by atoms with Gasteiger partial charge in [0.15, 0.2) is 0 Å². The summed E-state index contributed by atoms with van der Waals surface area (Å²) in [6.45, 7) is 2.43. The van der Waals surface area contributed by atoms with Crippen LogP contribution in [-0.4, -0.2) is 31.3 Å². The minimum Gasteiger partial charge on any atom is -0.481 e. The molecule has 0 aliphatic heterocycles. The monoisotopic (exact) mass is 251 g/mol. The fraction of sp³-hybridized carbons (Fsp3) is 0.500. The molecule has 0 aliphatic rings. The van der Waals surface area contributed by atoms with E-state index in [-0.39, 0.29) is 6.42 Å². The van der Waals surface area contributed by atoms with Crippen molar-refractivity contribution in [1.29, 1.82) is 0 Å². The molecule has 0 aliphatic carbocycles. The predicted octanol–water partition coefficient (Wildman–Crippen LogP) is 1.83. The molecular formula is C14H21NO3. The summed E-state index contributed by atoms with van der Waals surface area (Å²) in [6, 6.07) is 7.66. The van der Waals surface area contributed by atoms with Crippen molar-refractivity contribution in [1.82, 2.24) is 5.32 Å². The summed E-state index contributed by atoms with van der Waals surface area (Å²) in [5.74, 6) is -0.789. The average molecular weight is 251 g/mol. The molecule has 1 aromatic rings. The number of ether oxygens (including phenoxy) is 1. The molecule has 1 rings (SSSR count). The van der Waals surface area contributed by atoms with E-state index in [9.17, 15) is 4.79 Å². The Kier molecular flexibility index (Phi) is 7.06. The first kappa shape index (κ1) is 14.7. The van der Waals surface area contributed by atoms with Crippen molar-refractivity contribution in [2.24, 2.45) is 0 Å². The molecular weight excluding hydrogens is 230 g/mol. The summed E-state index contributed by atoms with van der Waals surface area (Å²) in [5, 5.41) is 12.2. The van der Waals surface area contributed by atoms with E-state index in [1.807, 2.05) is 24.3 Å². The summed E-state index contributed by atoms with van der Waals surface area (Å²) in [6.07, 6.45) is 2.19. The van der Waals surface area contributed by atoms with Crippen LogP contribution in [0.4, 0.5) is 0 Å². The van der Waals surface area contributed by atoms with Crippen molar-refractivity contribution in [3.05, 3.63) is 35.4 Å². The number of rotatable bonds is 9. The van der Waals surface area contributed by atoms with E-state index in [1.165, 1.54) is 0 Å². The van der Waals surface area contributed by atoms with Gasteiger partial charge in [0.1, 0.15) is 0 Å². The van der Waals surface area contributed by atoms with Crippen LogP contribution in [-0.2, 0) is 22.5 Å². The molecule has 2 N–H and O–H groups in total. The van der Waals surface area contributed by atoms with Gasteiger partial charge in [-0.3, -0.25) is 4.79 Å². The van der Waals surface area contributed by atoms with Gasteiger partial charge in [-0.25, -0.2) is 0 Å². The summed E-state index contributed by atoms with van der Waals surface area (Å²) >= 11 is 0. The van der Waals surface area contributed by atoms with Crippen LogP contribution < -0.4 is 5.32 Å². The zero-order valence-corrected chi connectivity index (χ0v) is 10.8. The first-order valence-electron chi connectivity index (χ1n) is 6.22. The zero-order valence-electron chi connectivity index (χ0n) is 10.8. The SMILES string of the molecule is COCCCCNCc1ccccc1CC(=O)O. The molecule has 0 spiro atoms. The van der Waals surface area contributed by atoms with Crippen molar-refractivity contribution in [3.8, 4) is 0 Å². The number of methoxy groups -OCH3 is 1. The second-order valence-corrected chi connectivity index (χ2v) is 4.22. The molecule has 4 nitrogen and oxygen atoms in total. The zero-order chi connectivity index (χ0) is 13.2. The minimum absolute atomic E-state index is 0.0848. The molecule has 0 unspecified atom stereocenters. The molecule has 0 saturated carbocycles. The van der Waals surface area contributed by atoms with Gasteiger partial charge in [0.2, 0.25) is 0 Å². The molecule has 0 aromatic heterocycles. The maximum absolute atomic E-state index is 10.7. The van der Waals surface area contributed by atoms with Crippen LogP contribution in [0, 0.1) is 0 Å². The van der Waals surface area contributed by atoms with Gasteiger partial charge in [-0.05, 0) is 30.5 Å². The van der Waals surface area contributed by atoms with Crippen molar-refractivity contribution < 1.29 is 14.6 Å². The van der Waals surface area contributed by atoms with Gasteiger partial charge in [0, 0.05) is 20.3 Å². The number of nitrogens with one attached hydrogen (secondary N) is 1. The third-order valence-electron chi connectivity index (χ3n) is 2.73. The van der Waals surface area contributed by atoms with Crippen LogP contribution in [0.25, 0.3) is 0 Å². The van der Waals surface area contributed by atoms with Gasteiger partial charge >= 0.3 is 5.97 Å². The molecule has 0 atom stereocenters. The van der Waals surface area contributed by atoms with E-state index in [0.29, 0.717) is 0 Å². The Morgan fingerprint density at radius 1 is 1.28 bits per heavy atom. The molecule has 18 heavy (non-hydrogen) atoms. The number of carboxylic acids is 1. The van der Waals surface area contributed by atoms with Gasteiger partial charge in [-0.2, -0.15) is 0 Å². The molecule has 0 amide bonds. The summed E-state index contributed by atoms with van der Waals surface area (Å²) < 4.78 is 4.98. The smallest absolute Gasteiger partial charge is 0.307 e. The first-order valence-corrected chi connectivity index (χ1v) is 6.22. The van der Waals surface area contributed by atoms with Gasteiger partial charge < -0.3 is 15.2 Å². The molecule has 0 fully saturated rings. The standard InChI is InChI=1S/C14H21NO3/c1-18-9-5-4-8-15-11-13-7-3-2-6-12(13)10-14(16)17/h2-3,6-7,15H,4-5,8-11H2,1H3,(H,16,17). The molecule has 0 radical (unpaired) electrons. The Morgan fingerprint density at radius 3 is 2.67 bits per heavy atom. The second-order valence-electron chi connectivity index (χ2n) is 4.22. The van der Waals surface area contributed by atoms with Crippen molar-refractivity contribution >= 4 is 5.97 Å². The van der Waals surface area contributed by atoms with Crippen LogP contribution in [0.3, 0.4) is 0 Å². The van der Waals surface area contributed by atoms with Crippen molar-refractivity contribution in [3.63, 3.8) is 0 Å². The molecule has 0 bridgehead atoms. The van der Waals surface area contributed by atoms with E-state index in [1.54, 1.807) is 7.11 Å². The number of hydrogen-bond donors (Lipinski definition) is 2. The van der Waals surface area contributed by atoms with Gasteiger partial charge in [-0.15, -0.1) is 0 Å². The quantitative estimate of drug-likeness (QED) is 0.657. The van der Waals surface area contributed by atoms with Gasteiger partial charge in [0.25, 0.3) is 0 Å². The average Bonchev–Trinajstić information content (AvgIpc) is 2.35. The molecule has 4 heteroatoms. The van der Waals surface area contributed by atoms with Crippen LogP contribution in [0.1, 0.15) is 24.0 Å². The minimum atomic E-state index is -0.789.